The van der Waals surface area contributed by atoms with Gasteiger partial charge in [-0.25, -0.2) is 0 Å². The largest absolute Gasteiger partial charge is 0.497 e. The van der Waals surface area contributed by atoms with Gasteiger partial charge in [0.25, 0.3) is 0 Å². The molecule has 3 nitrogen and oxygen atoms in total. The molecule has 1 unspecified atom stereocenters. The summed E-state index contributed by atoms with van der Waals surface area (Å²) >= 11 is 0. The van der Waals surface area contributed by atoms with Crippen molar-refractivity contribution >= 4 is 5.97 Å². The highest BCUT2D eigenvalue weighted by Crippen LogP contribution is 2.12. The van der Waals surface area contributed by atoms with Gasteiger partial charge in [0, 0.05) is 7.79 Å². The van der Waals surface area contributed by atoms with Crippen molar-refractivity contribution in [3.8, 4) is 5.75 Å². The molecule has 0 aromatic heterocycles. The van der Waals surface area contributed by atoms with E-state index in [1.54, 1.807) is 31.4 Å². The second-order valence-corrected chi connectivity index (χ2v) is 2.58. The van der Waals surface area contributed by atoms with E-state index in [1.165, 1.54) is 0 Å². The molecule has 0 aliphatic heterocycles. The molecule has 0 saturated carbocycles. The van der Waals surface area contributed by atoms with Crippen molar-refractivity contribution in [3.05, 3.63) is 29.8 Å². The predicted molar refractivity (Wildman–Crippen MR) is 49.0 cm³/mol. The van der Waals surface area contributed by atoms with Crippen LogP contribution < -0.4 is 4.74 Å². The van der Waals surface area contributed by atoms with E-state index in [0.29, 0.717) is 11.3 Å². The van der Waals surface area contributed by atoms with Gasteiger partial charge in [0.1, 0.15) is 5.75 Å². The lowest BCUT2D eigenvalue weighted by molar-refractivity contribution is -0.136. The zero-order valence-electron chi connectivity index (χ0n) is 8.36. The van der Waals surface area contributed by atoms with Crippen molar-refractivity contribution in [2.75, 3.05) is 7.11 Å². The van der Waals surface area contributed by atoms with Crippen LogP contribution in [0.15, 0.2) is 24.3 Å². The Balaban J connectivity index is 2.71. The number of rotatable bonds is 4. The molecule has 1 rings (SSSR count). The van der Waals surface area contributed by atoms with Gasteiger partial charge < -0.3 is 9.84 Å². The fourth-order valence-corrected chi connectivity index (χ4v) is 0.945. The second-order valence-electron chi connectivity index (χ2n) is 2.58. The monoisotopic (exact) mass is 181 g/mol. The second kappa shape index (κ2) is 4.50. The number of hydrogen-bond acceptors (Lipinski definition) is 2. The van der Waals surface area contributed by atoms with Gasteiger partial charge in [0.2, 0.25) is 0 Å². The molecule has 0 aliphatic rings. The average molecular weight is 181 g/mol. The number of carbonyl (C=O) groups is 1. The van der Waals surface area contributed by atoms with Crippen LogP contribution in [-0.4, -0.2) is 18.2 Å². The Morgan fingerprint density at radius 3 is 2.62 bits per heavy atom. The molecule has 3 heteroatoms. The van der Waals surface area contributed by atoms with Crippen LogP contribution >= 0.6 is 0 Å². The van der Waals surface area contributed by atoms with E-state index < -0.39 is 12.4 Å². The zero-order chi connectivity index (χ0) is 10.6. The lowest BCUT2D eigenvalue weighted by Gasteiger charge is -2.01. The summed E-state index contributed by atoms with van der Waals surface area (Å²) < 4.78 is 12.5. The van der Waals surface area contributed by atoms with Crippen LogP contribution in [0.5, 0.6) is 5.75 Å². The van der Waals surface area contributed by atoms with Crippen molar-refractivity contribution < 1.29 is 16.0 Å². The lowest BCUT2D eigenvalue weighted by Crippen LogP contribution is -1.97. The maximum absolute atomic E-state index is 10.4. The number of aliphatic carboxylic acids is 1. The Morgan fingerprint density at radius 2 is 2.15 bits per heavy atom. The Bertz CT molecular complexity index is 308. The molecule has 0 fully saturated rings. The highest BCUT2D eigenvalue weighted by molar-refractivity contribution is 5.67. The SMILES string of the molecule is [2H]C(CC(=O)O)c1ccc(OC)cc1. The summed E-state index contributed by atoms with van der Waals surface area (Å²) in [4.78, 5) is 10.4. The standard InChI is InChI=1S/C10H12O3/c1-13-9-5-2-8(3-6-9)4-7-10(11)12/h2-3,5-6H,4,7H2,1H3,(H,11,12)/i4D. The molecule has 0 radical (unpaired) electrons. The quantitative estimate of drug-likeness (QED) is 0.769. The van der Waals surface area contributed by atoms with Crippen molar-refractivity contribution in [2.45, 2.75) is 12.8 Å². The van der Waals surface area contributed by atoms with Crippen molar-refractivity contribution in [1.29, 1.82) is 0 Å². The zero-order valence-corrected chi connectivity index (χ0v) is 7.36. The number of benzene rings is 1. The third kappa shape index (κ3) is 3.15. The molecule has 1 aromatic carbocycles. The highest BCUT2D eigenvalue weighted by atomic mass is 16.5. The summed E-state index contributed by atoms with van der Waals surface area (Å²) in [6, 6.07) is 6.86. The van der Waals surface area contributed by atoms with Crippen LogP contribution in [0.25, 0.3) is 0 Å². The Kier molecular flexibility index (Phi) is 2.81. The molecule has 0 amide bonds. The summed E-state index contributed by atoms with van der Waals surface area (Å²) in [5.41, 5.74) is 0.688. The van der Waals surface area contributed by atoms with E-state index in [4.69, 9.17) is 11.2 Å². The molecule has 1 atom stereocenters. The Morgan fingerprint density at radius 1 is 1.54 bits per heavy atom. The molecular formula is C10H12O3. The maximum Gasteiger partial charge on any atom is 0.303 e. The number of ether oxygens (including phenoxy) is 1. The molecule has 0 heterocycles. The molecule has 0 saturated heterocycles. The van der Waals surface area contributed by atoms with Crippen molar-refractivity contribution in [1.82, 2.24) is 0 Å². The first-order valence-electron chi connectivity index (χ1n) is 4.49. The molecular weight excluding hydrogens is 168 g/mol. The van der Waals surface area contributed by atoms with Gasteiger partial charge >= 0.3 is 5.97 Å². The number of methoxy groups -OCH3 is 1. The molecule has 1 aromatic rings. The third-order valence-corrected chi connectivity index (χ3v) is 1.63. The number of aryl methyl sites for hydroxylation is 1. The van der Waals surface area contributed by atoms with Crippen LogP contribution in [0.4, 0.5) is 0 Å². The topological polar surface area (TPSA) is 46.5 Å². The molecule has 1 N–H and O–H groups in total. The van der Waals surface area contributed by atoms with Gasteiger partial charge in [-0.3, -0.25) is 4.79 Å². The van der Waals surface area contributed by atoms with Gasteiger partial charge in [0.15, 0.2) is 0 Å². The normalized spacial score (nSPS) is 13.2. The first-order valence-corrected chi connectivity index (χ1v) is 3.91. The first-order chi connectivity index (χ1) is 6.63. The van der Waals surface area contributed by atoms with E-state index in [2.05, 4.69) is 0 Å². The van der Waals surface area contributed by atoms with Gasteiger partial charge in [-0.2, -0.15) is 0 Å². The smallest absolute Gasteiger partial charge is 0.303 e. The predicted octanol–water partition coefficient (Wildman–Crippen LogP) is 1.71. The van der Waals surface area contributed by atoms with E-state index >= 15 is 0 Å². The lowest BCUT2D eigenvalue weighted by atomic mass is 10.1. The Hall–Kier alpha value is -1.51. The van der Waals surface area contributed by atoms with E-state index in [0.717, 1.165) is 0 Å². The van der Waals surface area contributed by atoms with Crippen LogP contribution in [0.3, 0.4) is 0 Å². The van der Waals surface area contributed by atoms with Crippen LogP contribution in [0, 0.1) is 0 Å². The van der Waals surface area contributed by atoms with Crippen LogP contribution in [0.1, 0.15) is 13.4 Å². The van der Waals surface area contributed by atoms with E-state index in [9.17, 15) is 4.79 Å². The van der Waals surface area contributed by atoms with Gasteiger partial charge in [-0.15, -0.1) is 0 Å². The minimum absolute atomic E-state index is 0.174. The first kappa shape index (κ1) is 8.10. The molecule has 0 spiro atoms. The van der Waals surface area contributed by atoms with Gasteiger partial charge in [-0.05, 0) is 24.1 Å². The van der Waals surface area contributed by atoms with Gasteiger partial charge in [0.05, 0.1) is 7.11 Å². The number of carboxylic acids is 1. The summed E-state index contributed by atoms with van der Waals surface area (Å²) in [7, 11) is 1.56. The summed E-state index contributed by atoms with van der Waals surface area (Å²) in [6.07, 6.45) is -0.884. The van der Waals surface area contributed by atoms with E-state index in [1.807, 2.05) is 0 Å². The van der Waals surface area contributed by atoms with Crippen molar-refractivity contribution in [2.24, 2.45) is 0 Å². The van der Waals surface area contributed by atoms with E-state index in [-0.39, 0.29) is 6.42 Å². The highest BCUT2D eigenvalue weighted by Gasteiger charge is 1.98. The number of hydrogen-bond donors (Lipinski definition) is 1. The maximum atomic E-state index is 10.4. The van der Waals surface area contributed by atoms with Crippen LogP contribution in [-0.2, 0) is 11.2 Å². The summed E-state index contributed by atoms with van der Waals surface area (Å²) in [5.74, 6) is -0.253. The average Bonchev–Trinajstić information content (AvgIpc) is 2.17. The molecule has 70 valence electrons. The Labute approximate surface area is 78.4 Å². The number of carboxylic acid groups (broad SMARTS) is 1. The summed E-state index contributed by atoms with van der Waals surface area (Å²) in [5, 5.41) is 8.50. The molecule has 0 bridgehead atoms. The van der Waals surface area contributed by atoms with Gasteiger partial charge in [-0.1, -0.05) is 12.1 Å². The summed E-state index contributed by atoms with van der Waals surface area (Å²) in [6.45, 7) is 0. The minimum Gasteiger partial charge on any atom is -0.497 e. The molecule has 13 heavy (non-hydrogen) atoms. The molecule has 0 aliphatic carbocycles. The third-order valence-electron chi connectivity index (χ3n) is 1.63. The fourth-order valence-electron chi connectivity index (χ4n) is 0.945. The van der Waals surface area contributed by atoms with Crippen molar-refractivity contribution in [3.63, 3.8) is 0 Å². The fraction of sp³-hybridized carbons (Fsp3) is 0.300. The van der Waals surface area contributed by atoms with Crippen LogP contribution in [0.2, 0.25) is 0 Å². The minimum atomic E-state index is -0.958.